The van der Waals surface area contributed by atoms with Crippen LogP contribution in [0.2, 0.25) is 0 Å². The van der Waals surface area contributed by atoms with Crippen LogP contribution in [0.5, 0.6) is 0 Å². The summed E-state index contributed by atoms with van der Waals surface area (Å²) in [7, 11) is 0. The number of aromatic nitrogens is 1. The zero-order valence-electron chi connectivity index (χ0n) is 6.42. The number of nitrogens with zero attached hydrogens (tertiary/aromatic N) is 1. The molecule has 11 heavy (non-hydrogen) atoms. The molecule has 1 aromatic heterocycles. The van der Waals surface area contributed by atoms with E-state index in [2.05, 4.69) is 27.8 Å². The Balaban J connectivity index is 2.86. The number of halogens is 1. The Hall–Kier alpha value is -0.570. The zero-order valence-corrected chi connectivity index (χ0v) is 8.01. The SMILES string of the molecule is CC(CBr)c1ccnc(N)c1. The highest BCUT2D eigenvalue weighted by Gasteiger charge is 2.02. The van der Waals surface area contributed by atoms with Crippen LogP contribution in [-0.2, 0) is 0 Å². The molecule has 2 nitrogen and oxygen atoms in total. The highest BCUT2D eigenvalue weighted by molar-refractivity contribution is 9.09. The zero-order chi connectivity index (χ0) is 8.27. The van der Waals surface area contributed by atoms with Crippen LogP contribution in [0.3, 0.4) is 0 Å². The minimum Gasteiger partial charge on any atom is -0.384 e. The minimum atomic E-state index is 0.500. The highest BCUT2D eigenvalue weighted by atomic mass is 79.9. The first kappa shape index (κ1) is 8.53. The molecule has 0 saturated heterocycles. The summed E-state index contributed by atoms with van der Waals surface area (Å²) in [6.45, 7) is 2.14. The molecule has 3 heteroatoms. The number of pyridine rings is 1. The molecule has 0 aliphatic heterocycles. The molecule has 0 fully saturated rings. The fourth-order valence-corrected chi connectivity index (χ4v) is 1.23. The molecule has 0 aliphatic carbocycles. The first-order chi connectivity index (χ1) is 5.24. The Bertz CT molecular complexity index is 237. The van der Waals surface area contributed by atoms with Crippen molar-refractivity contribution in [1.29, 1.82) is 0 Å². The molecule has 60 valence electrons. The molecule has 0 amide bonds. The number of nitrogens with two attached hydrogens (primary N) is 1. The van der Waals surface area contributed by atoms with E-state index in [1.807, 2.05) is 12.1 Å². The van der Waals surface area contributed by atoms with Crippen molar-refractivity contribution in [2.24, 2.45) is 0 Å². The van der Waals surface area contributed by atoms with Gasteiger partial charge in [-0.2, -0.15) is 0 Å². The quantitative estimate of drug-likeness (QED) is 0.767. The molecule has 1 rings (SSSR count). The van der Waals surface area contributed by atoms with Crippen LogP contribution >= 0.6 is 15.9 Å². The van der Waals surface area contributed by atoms with Crippen LogP contribution in [0, 0.1) is 0 Å². The lowest BCUT2D eigenvalue weighted by atomic mass is 10.1. The van der Waals surface area contributed by atoms with Gasteiger partial charge in [0.2, 0.25) is 0 Å². The topological polar surface area (TPSA) is 38.9 Å². The van der Waals surface area contributed by atoms with Crippen molar-refractivity contribution in [3.63, 3.8) is 0 Å². The second kappa shape index (κ2) is 3.72. The van der Waals surface area contributed by atoms with Crippen molar-refractivity contribution in [2.75, 3.05) is 11.1 Å². The lowest BCUT2D eigenvalue weighted by molar-refractivity contribution is 0.885. The van der Waals surface area contributed by atoms with Gasteiger partial charge in [0.15, 0.2) is 0 Å². The Kier molecular flexibility index (Phi) is 2.88. The number of alkyl halides is 1. The summed E-state index contributed by atoms with van der Waals surface area (Å²) in [6, 6.07) is 3.90. The second-order valence-corrected chi connectivity index (χ2v) is 3.22. The predicted molar refractivity (Wildman–Crippen MR) is 50.9 cm³/mol. The van der Waals surface area contributed by atoms with Gasteiger partial charge in [0, 0.05) is 11.5 Å². The van der Waals surface area contributed by atoms with Crippen molar-refractivity contribution in [3.8, 4) is 0 Å². The molecular formula is C8H11BrN2. The van der Waals surface area contributed by atoms with Crippen LogP contribution in [0.15, 0.2) is 18.3 Å². The molecule has 1 heterocycles. The van der Waals surface area contributed by atoms with Gasteiger partial charge >= 0.3 is 0 Å². The normalized spacial score (nSPS) is 12.9. The first-order valence-corrected chi connectivity index (χ1v) is 4.63. The summed E-state index contributed by atoms with van der Waals surface area (Å²) in [5.41, 5.74) is 6.76. The number of hydrogen-bond acceptors (Lipinski definition) is 2. The summed E-state index contributed by atoms with van der Waals surface area (Å²) in [6.07, 6.45) is 1.74. The van der Waals surface area contributed by atoms with E-state index >= 15 is 0 Å². The third-order valence-corrected chi connectivity index (χ3v) is 2.58. The largest absolute Gasteiger partial charge is 0.384 e. The highest BCUT2D eigenvalue weighted by Crippen LogP contribution is 2.17. The van der Waals surface area contributed by atoms with Crippen molar-refractivity contribution >= 4 is 21.7 Å². The van der Waals surface area contributed by atoms with Crippen LogP contribution in [-0.4, -0.2) is 10.3 Å². The molecule has 2 N–H and O–H groups in total. The van der Waals surface area contributed by atoms with Gasteiger partial charge in [0.1, 0.15) is 5.82 Å². The number of nitrogen functional groups attached to an aromatic ring is 1. The maximum Gasteiger partial charge on any atom is 0.123 e. The fourth-order valence-electron chi connectivity index (χ4n) is 0.861. The number of rotatable bonds is 2. The van der Waals surface area contributed by atoms with Gasteiger partial charge in [-0.25, -0.2) is 4.98 Å². The monoisotopic (exact) mass is 214 g/mol. The van der Waals surface area contributed by atoms with Gasteiger partial charge in [0.05, 0.1) is 0 Å². The standard InChI is InChI=1S/C8H11BrN2/c1-6(5-9)7-2-3-11-8(10)4-7/h2-4,6H,5H2,1H3,(H2,10,11). The van der Waals surface area contributed by atoms with E-state index < -0.39 is 0 Å². The molecule has 0 aliphatic rings. The predicted octanol–water partition coefficient (Wildman–Crippen LogP) is 2.16. The van der Waals surface area contributed by atoms with E-state index in [9.17, 15) is 0 Å². The van der Waals surface area contributed by atoms with Crippen LogP contribution < -0.4 is 5.73 Å². The molecule has 0 spiro atoms. The summed E-state index contributed by atoms with van der Waals surface area (Å²) in [5, 5.41) is 0.955. The summed E-state index contributed by atoms with van der Waals surface area (Å²) in [4.78, 5) is 3.92. The molecule has 0 saturated carbocycles. The van der Waals surface area contributed by atoms with Crippen LogP contribution in [0.1, 0.15) is 18.4 Å². The molecule has 0 radical (unpaired) electrons. The van der Waals surface area contributed by atoms with E-state index in [-0.39, 0.29) is 0 Å². The second-order valence-electron chi connectivity index (χ2n) is 2.57. The van der Waals surface area contributed by atoms with Crippen molar-refractivity contribution in [1.82, 2.24) is 4.98 Å². The molecule has 1 aromatic rings. The van der Waals surface area contributed by atoms with E-state index in [4.69, 9.17) is 5.73 Å². The van der Waals surface area contributed by atoms with Crippen molar-refractivity contribution in [2.45, 2.75) is 12.8 Å². The van der Waals surface area contributed by atoms with Gasteiger partial charge in [-0.3, -0.25) is 0 Å². The summed E-state index contributed by atoms with van der Waals surface area (Å²) in [5.74, 6) is 1.09. The Labute approximate surface area is 75.0 Å². The van der Waals surface area contributed by atoms with E-state index in [1.165, 1.54) is 5.56 Å². The van der Waals surface area contributed by atoms with Gasteiger partial charge < -0.3 is 5.73 Å². The minimum absolute atomic E-state index is 0.500. The molecule has 0 aromatic carbocycles. The third kappa shape index (κ3) is 2.19. The average Bonchev–Trinajstić information content (AvgIpc) is 2.03. The maximum atomic E-state index is 5.52. The van der Waals surface area contributed by atoms with Crippen molar-refractivity contribution in [3.05, 3.63) is 23.9 Å². The van der Waals surface area contributed by atoms with Gasteiger partial charge in [-0.05, 0) is 23.6 Å². The maximum absolute atomic E-state index is 5.52. The third-order valence-electron chi connectivity index (χ3n) is 1.61. The number of anilines is 1. The smallest absolute Gasteiger partial charge is 0.123 e. The van der Waals surface area contributed by atoms with Crippen molar-refractivity contribution < 1.29 is 0 Å². The van der Waals surface area contributed by atoms with E-state index in [1.54, 1.807) is 6.20 Å². The Morgan fingerprint density at radius 1 is 1.73 bits per heavy atom. The lowest BCUT2D eigenvalue weighted by Crippen LogP contribution is -1.97. The van der Waals surface area contributed by atoms with Gasteiger partial charge in [-0.15, -0.1) is 0 Å². The molecule has 1 unspecified atom stereocenters. The summed E-state index contributed by atoms with van der Waals surface area (Å²) >= 11 is 3.41. The van der Waals surface area contributed by atoms with E-state index in [0.717, 1.165) is 5.33 Å². The lowest BCUT2D eigenvalue weighted by Gasteiger charge is -2.06. The fraction of sp³-hybridized carbons (Fsp3) is 0.375. The van der Waals surface area contributed by atoms with Crippen LogP contribution in [0.25, 0.3) is 0 Å². The van der Waals surface area contributed by atoms with E-state index in [0.29, 0.717) is 11.7 Å². The Morgan fingerprint density at radius 2 is 2.45 bits per heavy atom. The Morgan fingerprint density at radius 3 is 3.00 bits per heavy atom. The molecular weight excluding hydrogens is 204 g/mol. The number of hydrogen-bond donors (Lipinski definition) is 1. The average molecular weight is 215 g/mol. The molecule has 1 atom stereocenters. The summed E-state index contributed by atoms with van der Waals surface area (Å²) < 4.78 is 0. The first-order valence-electron chi connectivity index (χ1n) is 3.51. The van der Waals surface area contributed by atoms with Gasteiger partial charge in [-0.1, -0.05) is 22.9 Å². The van der Waals surface area contributed by atoms with Crippen LogP contribution in [0.4, 0.5) is 5.82 Å². The van der Waals surface area contributed by atoms with Gasteiger partial charge in [0.25, 0.3) is 0 Å². The molecule has 0 bridgehead atoms.